The minimum atomic E-state index is -0.995. The Kier molecular flexibility index (Phi) is 8.32. The van der Waals surface area contributed by atoms with Crippen LogP contribution in [0.5, 0.6) is 5.75 Å². The maximum atomic E-state index is 12.7. The van der Waals surface area contributed by atoms with Gasteiger partial charge in [-0.05, 0) is 19.9 Å². The first kappa shape index (κ1) is 24.1. The first-order valence-electron chi connectivity index (χ1n) is 9.30. The lowest BCUT2D eigenvalue weighted by atomic mass is 9.75. The van der Waals surface area contributed by atoms with Crippen LogP contribution in [0.25, 0.3) is 0 Å². The van der Waals surface area contributed by atoms with Crippen LogP contribution in [0.2, 0.25) is 0 Å². The number of alkyl halides is 1. The van der Waals surface area contributed by atoms with E-state index in [1.807, 2.05) is 0 Å². The zero-order valence-electron chi connectivity index (χ0n) is 17.6. The van der Waals surface area contributed by atoms with Crippen LogP contribution in [0.1, 0.15) is 25.3 Å². The van der Waals surface area contributed by atoms with Gasteiger partial charge in [0.2, 0.25) is 0 Å². The van der Waals surface area contributed by atoms with Crippen molar-refractivity contribution < 1.29 is 28.7 Å². The van der Waals surface area contributed by atoms with E-state index < -0.39 is 28.7 Å². The van der Waals surface area contributed by atoms with Crippen molar-refractivity contribution in [2.75, 3.05) is 26.7 Å². The van der Waals surface area contributed by atoms with Gasteiger partial charge >= 0.3 is 11.9 Å². The molecule has 9 nitrogen and oxygen atoms in total. The molecule has 0 aliphatic carbocycles. The Bertz CT molecular complexity index is 968. The molecular formula is C21H23ClN2O7. The summed E-state index contributed by atoms with van der Waals surface area (Å²) in [4.78, 5) is 40.5. The smallest absolute Gasteiger partial charge is 0.336 e. The molecule has 2 atom stereocenters. The Morgan fingerprint density at radius 2 is 1.94 bits per heavy atom. The molecule has 0 fully saturated rings. The van der Waals surface area contributed by atoms with Crippen LogP contribution in [0.15, 0.2) is 46.6 Å². The first-order valence-corrected chi connectivity index (χ1v) is 9.84. The number of aliphatic imine (C=N–C) groups is 1. The lowest BCUT2D eigenvalue weighted by Crippen LogP contribution is -2.36. The quantitative estimate of drug-likeness (QED) is 0.195. The van der Waals surface area contributed by atoms with Gasteiger partial charge < -0.3 is 14.2 Å². The standard InChI is InChI=1S/C21H23ClN2O7/c1-12-17(20(25)29-3)19(18(13(2)23-12)21(26)30-4)15-11-14(24(27)28)7-8-16(15)31-10-6-5-9-22/h5-8,11,17,19H,9-10H2,1-4H3. The lowest BCUT2D eigenvalue weighted by molar-refractivity contribution is -0.385. The van der Waals surface area contributed by atoms with Crippen molar-refractivity contribution in [1.82, 2.24) is 0 Å². The average molecular weight is 451 g/mol. The molecule has 10 heteroatoms. The van der Waals surface area contributed by atoms with Crippen molar-refractivity contribution in [3.63, 3.8) is 0 Å². The number of rotatable bonds is 8. The highest BCUT2D eigenvalue weighted by Gasteiger charge is 2.43. The summed E-state index contributed by atoms with van der Waals surface area (Å²) in [6, 6.07) is 4.01. The number of ether oxygens (including phenoxy) is 3. The van der Waals surface area contributed by atoms with Gasteiger partial charge in [0.25, 0.3) is 5.69 Å². The van der Waals surface area contributed by atoms with Crippen molar-refractivity contribution in [3.8, 4) is 5.75 Å². The Morgan fingerprint density at radius 3 is 2.52 bits per heavy atom. The number of halogens is 1. The highest BCUT2D eigenvalue weighted by molar-refractivity contribution is 6.18. The van der Waals surface area contributed by atoms with E-state index in [1.54, 1.807) is 26.0 Å². The SMILES string of the molecule is COC(=O)C1=C(C)N=C(C)C(C(=O)OC)C1c1cc([N+](=O)[O-])ccc1OCC=CCCl. The molecule has 0 saturated carbocycles. The summed E-state index contributed by atoms with van der Waals surface area (Å²) >= 11 is 5.62. The van der Waals surface area contributed by atoms with Crippen molar-refractivity contribution in [1.29, 1.82) is 0 Å². The fourth-order valence-corrected chi connectivity index (χ4v) is 3.60. The topological polar surface area (TPSA) is 117 Å². The van der Waals surface area contributed by atoms with E-state index in [0.717, 1.165) is 0 Å². The van der Waals surface area contributed by atoms with E-state index in [4.69, 9.17) is 25.8 Å². The molecule has 31 heavy (non-hydrogen) atoms. The Morgan fingerprint density at radius 1 is 1.23 bits per heavy atom. The molecule has 166 valence electrons. The summed E-state index contributed by atoms with van der Waals surface area (Å²) in [5.74, 6) is -2.72. The number of hydrogen-bond donors (Lipinski definition) is 0. The van der Waals surface area contributed by atoms with Crippen LogP contribution >= 0.6 is 11.6 Å². The molecule has 0 radical (unpaired) electrons. The van der Waals surface area contributed by atoms with Crippen molar-refractivity contribution >= 4 is 34.9 Å². The number of esters is 2. The van der Waals surface area contributed by atoms with Gasteiger partial charge in [0, 0.05) is 40.9 Å². The van der Waals surface area contributed by atoms with Crippen molar-refractivity contribution in [2.45, 2.75) is 19.8 Å². The predicted molar refractivity (Wildman–Crippen MR) is 115 cm³/mol. The Hall–Kier alpha value is -3.20. The molecule has 2 rings (SSSR count). The maximum absolute atomic E-state index is 12.7. The number of benzene rings is 1. The fourth-order valence-electron chi connectivity index (χ4n) is 3.47. The number of carbonyl (C=O) groups excluding carboxylic acids is 2. The summed E-state index contributed by atoms with van der Waals surface area (Å²) < 4.78 is 15.7. The van der Waals surface area contributed by atoms with E-state index in [9.17, 15) is 19.7 Å². The molecule has 1 aliphatic rings. The van der Waals surface area contributed by atoms with Crippen LogP contribution in [-0.2, 0) is 19.1 Å². The second kappa shape index (κ2) is 10.7. The van der Waals surface area contributed by atoms with Gasteiger partial charge in [-0.1, -0.05) is 12.2 Å². The van der Waals surface area contributed by atoms with E-state index in [-0.39, 0.29) is 29.2 Å². The monoisotopic (exact) mass is 450 g/mol. The highest BCUT2D eigenvalue weighted by atomic mass is 35.5. The van der Waals surface area contributed by atoms with Gasteiger partial charge in [0.15, 0.2) is 0 Å². The number of nitro groups is 1. The molecule has 0 saturated heterocycles. The van der Waals surface area contributed by atoms with Crippen LogP contribution in [0.3, 0.4) is 0 Å². The fraction of sp³-hybridized carbons (Fsp3) is 0.381. The molecule has 0 spiro atoms. The molecule has 0 amide bonds. The Balaban J connectivity index is 2.75. The van der Waals surface area contributed by atoms with Gasteiger partial charge in [-0.15, -0.1) is 11.6 Å². The third kappa shape index (κ3) is 5.29. The van der Waals surface area contributed by atoms with E-state index in [1.165, 1.54) is 32.4 Å². The number of carbonyl (C=O) groups is 2. The zero-order valence-corrected chi connectivity index (χ0v) is 18.3. The minimum absolute atomic E-state index is 0.102. The third-order valence-corrected chi connectivity index (χ3v) is 5.00. The second-order valence-corrected chi connectivity index (χ2v) is 6.95. The summed E-state index contributed by atoms with van der Waals surface area (Å²) in [6.07, 6.45) is 3.37. The van der Waals surface area contributed by atoms with Gasteiger partial charge in [0.1, 0.15) is 18.3 Å². The van der Waals surface area contributed by atoms with Crippen LogP contribution in [-0.4, -0.2) is 49.3 Å². The average Bonchev–Trinajstić information content (AvgIpc) is 2.75. The Labute approximate surface area is 184 Å². The number of methoxy groups -OCH3 is 2. The third-order valence-electron chi connectivity index (χ3n) is 4.82. The van der Waals surface area contributed by atoms with E-state index in [2.05, 4.69) is 4.99 Å². The number of nitrogens with zero attached hydrogens (tertiary/aromatic N) is 2. The van der Waals surface area contributed by atoms with Crippen LogP contribution in [0.4, 0.5) is 5.69 Å². The van der Waals surface area contributed by atoms with Gasteiger partial charge in [-0.25, -0.2) is 4.79 Å². The second-order valence-electron chi connectivity index (χ2n) is 6.64. The molecule has 2 unspecified atom stereocenters. The first-order chi connectivity index (χ1) is 14.8. The van der Waals surface area contributed by atoms with Crippen LogP contribution < -0.4 is 4.74 Å². The zero-order chi connectivity index (χ0) is 23.1. The van der Waals surface area contributed by atoms with Crippen molar-refractivity contribution in [2.24, 2.45) is 10.9 Å². The summed E-state index contributed by atoms with van der Waals surface area (Å²) in [5.41, 5.74) is 0.905. The lowest BCUT2D eigenvalue weighted by Gasteiger charge is -2.31. The van der Waals surface area contributed by atoms with Crippen molar-refractivity contribution in [3.05, 3.63) is 57.3 Å². The number of allylic oxidation sites excluding steroid dienone is 2. The van der Waals surface area contributed by atoms with E-state index in [0.29, 0.717) is 17.3 Å². The van der Waals surface area contributed by atoms with Gasteiger partial charge in [0.05, 0.1) is 24.7 Å². The number of non-ortho nitro benzene ring substituents is 1. The van der Waals surface area contributed by atoms with Gasteiger partial charge in [-0.3, -0.25) is 19.9 Å². The summed E-state index contributed by atoms with van der Waals surface area (Å²) in [5, 5.41) is 11.4. The predicted octanol–water partition coefficient (Wildman–Crippen LogP) is 3.56. The molecule has 0 bridgehead atoms. The molecular weight excluding hydrogens is 428 g/mol. The molecule has 0 aromatic heterocycles. The highest BCUT2D eigenvalue weighted by Crippen LogP contribution is 2.44. The largest absolute Gasteiger partial charge is 0.489 e. The summed E-state index contributed by atoms with van der Waals surface area (Å²) in [7, 11) is 2.43. The molecule has 1 aliphatic heterocycles. The summed E-state index contributed by atoms with van der Waals surface area (Å²) in [6.45, 7) is 3.38. The normalized spacial score (nSPS) is 18.5. The van der Waals surface area contributed by atoms with E-state index >= 15 is 0 Å². The maximum Gasteiger partial charge on any atom is 0.336 e. The van der Waals surface area contributed by atoms with Gasteiger partial charge in [-0.2, -0.15) is 0 Å². The molecule has 0 N–H and O–H groups in total. The molecule has 1 aromatic rings. The molecule has 1 heterocycles. The molecule has 1 aromatic carbocycles. The van der Waals surface area contributed by atoms with Crippen LogP contribution in [0, 0.1) is 16.0 Å². The minimum Gasteiger partial charge on any atom is -0.489 e. The number of nitro benzene ring substituents is 1. The number of hydrogen-bond acceptors (Lipinski definition) is 8.